The number of benzene rings is 2. The Bertz CT molecular complexity index is 643. The third-order valence-electron chi connectivity index (χ3n) is 2.92. The molecule has 2 aromatic carbocycles. The van der Waals surface area contributed by atoms with Gasteiger partial charge in [0, 0.05) is 12.4 Å². The highest BCUT2D eigenvalue weighted by Crippen LogP contribution is 2.25. The zero-order valence-corrected chi connectivity index (χ0v) is 9.82. The zero-order chi connectivity index (χ0) is 12.4. The first-order valence-electron chi connectivity index (χ1n) is 5.78. The van der Waals surface area contributed by atoms with E-state index in [1.54, 1.807) is 12.5 Å². The van der Waals surface area contributed by atoms with Gasteiger partial charge in [-0.2, -0.15) is 0 Å². The number of aromatic nitrogens is 2. The van der Waals surface area contributed by atoms with Gasteiger partial charge in [0.25, 0.3) is 0 Å². The average molecular weight is 235 g/mol. The van der Waals surface area contributed by atoms with Gasteiger partial charge in [0.05, 0.1) is 17.7 Å². The quantitative estimate of drug-likeness (QED) is 0.693. The molecule has 3 rings (SSSR count). The van der Waals surface area contributed by atoms with Crippen molar-refractivity contribution < 1.29 is 0 Å². The number of hydrogen-bond acceptors (Lipinski definition) is 2. The molecule has 3 aromatic rings. The Morgan fingerprint density at radius 3 is 2.44 bits per heavy atom. The fraction of sp³-hybridized carbons (Fsp3) is 0. The summed E-state index contributed by atoms with van der Waals surface area (Å²) in [6, 6.07) is 16.3. The number of nitrogens with zero attached hydrogens (tertiary/aromatic N) is 2. The first-order valence-corrected chi connectivity index (χ1v) is 5.78. The van der Waals surface area contributed by atoms with Crippen molar-refractivity contribution in [2.24, 2.45) is 0 Å². The minimum Gasteiger partial charge on any atom is -0.397 e. The minimum atomic E-state index is 0.745. The molecule has 2 N–H and O–H groups in total. The highest BCUT2D eigenvalue weighted by atomic mass is 15.0. The molecule has 0 amide bonds. The monoisotopic (exact) mass is 235 g/mol. The van der Waals surface area contributed by atoms with Gasteiger partial charge in [-0.1, -0.05) is 36.4 Å². The molecule has 1 aromatic heterocycles. The molecule has 3 heteroatoms. The van der Waals surface area contributed by atoms with Crippen LogP contribution < -0.4 is 5.73 Å². The van der Waals surface area contributed by atoms with Crippen LogP contribution in [0.5, 0.6) is 0 Å². The SMILES string of the molecule is Nc1cc(-c2ccccc2)ccc1-n1ccnc1. The lowest BCUT2D eigenvalue weighted by Crippen LogP contribution is -1.97. The zero-order valence-electron chi connectivity index (χ0n) is 9.82. The molecule has 0 saturated carbocycles. The van der Waals surface area contributed by atoms with E-state index >= 15 is 0 Å². The molecule has 18 heavy (non-hydrogen) atoms. The second-order valence-corrected chi connectivity index (χ2v) is 4.11. The smallest absolute Gasteiger partial charge is 0.0992 e. The van der Waals surface area contributed by atoms with Crippen LogP contribution in [0.15, 0.2) is 67.3 Å². The van der Waals surface area contributed by atoms with Crippen LogP contribution in [0.1, 0.15) is 0 Å². The van der Waals surface area contributed by atoms with Crippen LogP contribution >= 0.6 is 0 Å². The number of rotatable bonds is 2. The molecule has 0 fully saturated rings. The van der Waals surface area contributed by atoms with Gasteiger partial charge >= 0.3 is 0 Å². The van der Waals surface area contributed by atoms with Crippen molar-refractivity contribution in [2.75, 3.05) is 5.73 Å². The summed E-state index contributed by atoms with van der Waals surface area (Å²) in [6.07, 6.45) is 5.37. The lowest BCUT2D eigenvalue weighted by molar-refractivity contribution is 1.06. The van der Waals surface area contributed by atoms with Crippen LogP contribution in [0.2, 0.25) is 0 Å². The molecule has 0 saturated heterocycles. The second-order valence-electron chi connectivity index (χ2n) is 4.11. The maximum atomic E-state index is 6.10. The first-order chi connectivity index (χ1) is 8.84. The standard InChI is InChI=1S/C15H13N3/c16-14-10-13(12-4-2-1-3-5-12)6-7-15(14)18-9-8-17-11-18/h1-11H,16H2. The summed E-state index contributed by atoms with van der Waals surface area (Å²) in [5.41, 5.74) is 10.1. The molecule has 0 aliphatic rings. The molecule has 1 heterocycles. The summed E-state index contributed by atoms with van der Waals surface area (Å²) in [5.74, 6) is 0. The lowest BCUT2D eigenvalue weighted by atomic mass is 10.0. The van der Waals surface area contributed by atoms with E-state index in [2.05, 4.69) is 23.2 Å². The van der Waals surface area contributed by atoms with Gasteiger partial charge in [0.15, 0.2) is 0 Å². The van der Waals surface area contributed by atoms with Gasteiger partial charge < -0.3 is 10.3 Å². The highest BCUT2D eigenvalue weighted by molar-refractivity contribution is 5.72. The van der Waals surface area contributed by atoms with Crippen LogP contribution in [0.4, 0.5) is 5.69 Å². The molecule has 3 nitrogen and oxygen atoms in total. The third-order valence-corrected chi connectivity index (χ3v) is 2.92. The highest BCUT2D eigenvalue weighted by Gasteiger charge is 2.03. The molecule has 88 valence electrons. The average Bonchev–Trinajstić information content (AvgIpc) is 2.93. The normalized spacial score (nSPS) is 10.4. The van der Waals surface area contributed by atoms with Crippen molar-refractivity contribution in [3.63, 3.8) is 0 Å². The summed E-state index contributed by atoms with van der Waals surface area (Å²) in [4.78, 5) is 4.03. The van der Waals surface area contributed by atoms with E-state index in [1.807, 2.05) is 41.1 Å². The number of hydrogen-bond donors (Lipinski definition) is 1. The van der Waals surface area contributed by atoms with Gasteiger partial charge in [-0.3, -0.25) is 0 Å². The fourth-order valence-corrected chi connectivity index (χ4v) is 2.00. The molecule has 0 unspecified atom stereocenters. The number of imidazole rings is 1. The fourth-order valence-electron chi connectivity index (χ4n) is 2.00. The Balaban J connectivity index is 2.05. The Morgan fingerprint density at radius 2 is 1.78 bits per heavy atom. The second kappa shape index (κ2) is 4.37. The van der Waals surface area contributed by atoms with Crippen LogP contribution in [-0.4, -0.2) is 9.55 Å². The summed E-state index contributed by atoms with van der Waals surface area (Å²) >= 11 is 0. The van der Waals surface area contributed by atoms with Crippen molar-refractivity contribution in [1.82, 2.24) is 9.55 Å². The molecule has 0 aliphatic carbocycles. The molecule has 0 spiro atoms. The first kappa shape index (κ1) is 10.6. The van der Waals surface area contributed by atoms with E-state index in [0.29, 0.717) is 0 Å². The summed E-state index contributed by atoms with van der Waals surface area (Å²) in [5, 5.41) is 0. The van der Waals surface area contributed by atoms with Gasteiger partial charge in [0.1, 0.15) is 0 Å². The predicted molar refractivity (Wildman–Crippen MR) is 73.4 cm³/mol. The molecular formula is C15H13N3. The Kier molecular flexibility index (Phi) is 2.57. The van der Waals surface area contributed by atoms with Crippen molar-refractivity contribution in [2.45, 2.75) is 0 Å². The maximum absolute atomic E-state index is 6.10. The predicted octanol–water partition coefficient (Wildman–Crippen LogP) is 3.12. The van der Waals surface area contributed by atoms with Crippen molar-refractivity contribution in [1.29, 1.82) is 0 Å². The summed E-state index contributed by atoms with van der Waals surface area (Å²) in [6.45, 7) is 0. The van der Waals surface area contributed by atoms with Crippen molar-refractivity contribution in [3.05, 3.63) is 67.3 Å². The van der Waals surface area contributed by atoms with Gasteiger partial charge in [-0.25, -0.2) is 4.98 Å². The van der Waals surface area contributed by atoms with Crippen LogP contribution in [-0.2, 0) is 0 Å². The van der Waals surface area contributed by atoms with Crippen molar-refractivity contribution >= 4 is 5.69 Å². The number of anilines is 1. The van der Waals surface area contributed by atoms with E-state index in [0.717, 1.165) is 16.9 Å². The Hall–Kier alpha value is -2.55. The van der Waals surface area contributed by atoms with E-state index < -0.39 is 0 Å². The van der Waals surface area contributed by atoms with Crippen LogP contribution in [0, 0.1) is 0 Å². The van der Waals surface area contributed by atoms with Crippen LogP contribution in [0.25, 0.3) is 16.8 Å². The van der Waals surface area contributed by atoms with Gasteiger partial charge in [0.2, 0.25) is 0 Å². The van der Waals surface area contributed by atoms with E-state index in [9.17, 15) is 0 Å². The summed E-state index contributed by atoms with van der Waals surface area (Å²) in [7, 11) is 0. The Morgan fingerprint density at radius 1 is 0.944 bits per heavy atom. The van der Waals surface area contributed by atoms with Gasteiger partial charge in [-0.15, -0.1) is 0 Å². The van der Waals surface area contributed by atoms with Gasteiger partial charge in [-0.05, 0) is 23.3 Å². The minimum absolute atomic E-state index is 0.745. The maximum Gasteiger partial charge on any atom is 0.0992 e. The molecule has 0 bridgehead atoms. The molecule has 0 radical (unpaired) electrons. The Labute approximate surface area is 106 Å². The van der Waals surface area contributed by atoms with Crippen LogP contribution in [0.3, 0.4) is 0 Å². The molecular weight excluding hydrogens is 222 g/mol. The van der Waals surface area contributed by atoms with E-state index in [-0.39, 0.29) is 0 Å². The third kappa shape index (κ3) is 1.86. The topological polar surface area (TPSA) is 43.8 Å². The number of nitrogens with two attached hydrogens (primary N) is 1. The van der Waals surface area contributed by atoms with E-state index in [4.69, 9.17) is 5.73 Å². The lowest BCUT2D eigenvalue weighted by Gasteiger charge is -2.09. The molecule has 0 atom stereocenters. The van der Waals surface area contributed by atoms with Crippen molar-refractivity contribution in [3.8, 4) is 16.8 Å². The van der Waals surface area contributed by atoms with E-state index in [1.165, 1.54) is 5.56 Å². The number of nitrogen functional groups attached to an aromatic ring is 1. The summed E-state index contributed by atoms with van der Waals surface area (Å²) < 4.78 is 1.91. The largest absolute Gasteiger partial charge is 0.397 e. The molecule has 0 aliphatic heterocycles.